The van der Waals surface area contributed by atoms with E-state index in [1.807, 2.05) is 19.2 Å². The second-order valence-electron chi connectivity index (χ2n) is 7.06. The highest BCUT2D eigenvalue weighted by Gasteiger charge is 2.65. The van der Waals surface area contributed by atoms with Gasteiger partial charge >= 0.3 is 0 Å². The molecule has 1 aromatic heterocycles. The topological polar surface area (TPSA) is 22.0 Å². The minimum atomic E-state index is 0.137. The van der Waals surface area contributed by atoms with Crippen LogP contribution in [0.25, 0.3) is 10.8 Å². The third-order valence-electron chi connectivity index (χ3n) is 6.22. The summed E-state index contributed by atoms with van der Waals surface area (Å²) in [6.07, 6.45) is 6.50. The molecule has 5 rings (SSSR count). The highest BCUT2D eigenvalue weighted by Crippen LogP contribution is 2.73. The van der Waals surface area contributed by atoms with Crippen molar-refractivity contribution in [1.29, 1.82) is 0 Å². The van der Waals surface area contributed by atoms with Crippen LogP contribution < -0.4 is 5.56 Å². The molecule has 0 amide bonds. The Bertz CT molecular complexity index is 759. The Kier molecular flexibility index (Phi) is 1.97. The molecule has 1 unspecified atom stereocenters. The average molecular weight is 265 g/mol. The van der Waals surface area contributed by atoms with E-state index in [4.69, 9.17) is 0 Å². The lowest BCUT2D eigenvalue weighted by Crippen LogP contribution is -2.17. The molecule has 2 heteroatoms. The zero-order chi connectivity index (χ0) is 13.4. The van der Waals surface area contributed by atoms with Gasteiger partial charge in [-0.2, -0.15) is 0 Å². The molecule has 3 saturated carbocycles. The summed E-state index contributed by atoms with van der Waals surface area (Å²) in [5, 5.41) is 2.10. The summed E-state index contributed by atoms with van der Waals surface area (Å²) in [6.45, 7) is 0. The molecule has 0 saturated heterocycles. The maximum atomic E-state index is 12.3. The van der Waals surface area contributed by atoms with E-state index in [9.17, 15) is 4.79 Å². The summed E-state index contributed by atoms with van der Waals surface area (Å²) in [7, 11) is 1.89. The molecule has 0 aliphatic heterocycles. The van der Waals surface area contributed by atoms with Crippen LogP contribution in [0.1, 0.15) is 30.7 Å². The van der Waals surface area contributed by atoms with Crippen LogP contribution in [0.2, 0.25) is 0 Å². The molecular weight excluding hydrogens is 246 g/mol. The fraction of sp³-hybridized carbons (Fsp3) is 0.500. The van der Waals surface area contributed by atoms with Crippen molar-refractivity contribution in [2.75, 3.05) is 0 Å². The largest absolute Gasteiger partial charge is 0.318 e. The van der Waals surface area contributed by atoms with Crippen molar-refractivity contribution in [3.8, 4) is 0 Å². The van der Waals surface area contributed by atoms with E-state index < -0.39 is 0 Å². The van der Waals surface area contributed by atoms with Crippen molar-refractivity contribution < 1.29 is 0 Å². The van der Waals surface area contributed by atoms with Gasteiger partial charge in [-0.3, -0.25) is 4.79 Å². The van der Waals surface area contributed by atoms with E-state index in [1.54, 1.807) is 4.57 Å². The number of hydrogen-bond donors (Lipinski definition) is 0. The zero-order valence-electron chi connectivity index (χ0n) is 11.8. The number of aryl methyl sites for hydroxylation is 1. The maximum Gasteiger partial charge on any atom is 0.258 e. The normalized spacial score (nSPS) is 37.4. The van der Waals surface area contributed by atoms with E-state index in [2.05, 4.69) is 18.3 Å². The number of hydrogen-bond acceptors (Lipinski definition) is 1. The fourth-order valence-electron chi connectivity index (χ4n) is 5.45. The highest BCUT2D eigenvalue weighted by atomic mass is 16.1. The van der Waals surface area contributed by atoms with Gasteiger partial charge < -0.3 is 4.57 Å². The highest BCUT2D eigenvalue weighted by molar-refractivity contribution is 5.85. The lowest BCUT2D eigenvalue weighted by Gasteiger charge is -2.13. The molecule has 0 spiro atoms. The van der Waals surface area contributed by atoms with Crippen LogP contribution in [-0.2, 0) is 7.05 Å². The molecular formula is C18H19NO. The molecule has 3 fully saturated rings. The lowest BCUT2D eigenvalue weighted by molar-refractivity contribution is 0.456. The van der Waals surface area contributed by atoms with Crippen molar-refractivity contribution >= 4 is 10.8 Å². The monoisotopic (exact) mass is 265 g/mol. The first kappa shape index (κ1) is 11.1. The second-order valence-corrected chi connectivity index (χ2v) is 7.06. The van der Waals surface area contributed by atoms with Crippen LogP contribution >= 0.6 is 0 Å². The smallest absolute Gasteiger partial charge is 0.258 e. The van der Waals surface area contributed by atoms with E-state index in [1.165, 1.54) is 30.2 Å². The van der Waals surface area contributed by atoms with Crippen LogP contribution in [0.4, 0.5) is 0 Å². The summed E-state index contributed by atoms with van der Waals surface area (Å²) < 4.78 is 1.79. The predicted octanol–water partition coefficient (Wildman–Crippen LogP) is 3.30. The van der Waals surface area contributed by atoms with Crippen molar-refractivity contribution in [2.45, 2.75) is 25.2 Å². The van der Waals surface area contributed by atoms with Gasteiger partial charge in [-0.15, -0.1) is 0 Å². The van der Waals surface area contributed by atoms with E-state index >= 15 is 0 Å². The first-order valence-corrected chi connectivity index (χ1v) is 7.84. The SMILES string of the molecule is Cn1cc(C2[C@@H]3[C@H]4CC[C@H](C4)[C@H]23)c2ccccc2c1=O. The number of benzene rings is 1. The molecule has 0 N–H and O–H groups in total. The van der Waals surface area contributed by atoms with Gasteiger partial charge in [0.15, 0.2) is 0 Å². The number of rotatable bonds is 1. The summed E-state index contributed by atoms with van der Waals surface area (Å²) in [5.74, 6) is 4.54. The molecule has 1 aromatic carbocycles. The molecule has 5 atom stereocenters. The molecule has 0 radical (unpaired) electrons. The van der Waals surface area contributed by atoms with E-state index in [0.29, 0.717) is 0 Å². The molecule has 2 bridgehead atoms. The molecule has 2 nitrogen and oxygen atoms in total. The molecule has 2 aromatic rings. The Balaban J connectivity index is 1.71. The summed E-state index contributed by atoms with van der Waals surface area (Å²) in [4.78, 5) is 12.3. The van der Waals surface area contributed by atoms with Gasteiger partial charge in [0.1, 0.15) is 0 Å². The average Bonchev–Trinajstić information content (AvgIpc) is 2.89. The summed E-state index contributed by atoms with van der Waals surface area (Å²) in [5.41, 5.74) is 1.58. The Labute approximate surface area is 118 Å². The first-order valence-electron chi connectivity index (χ1n) is 7.84. The minimum absolute atomic E-state index is 0.137. The van der Waals surface area contributed by atoms with Crippen molar-refractivity contribution in [2.24, 2.45) is 30.7 Å². The second kappa shape index (κ2) is 3.55. The van der Waals surface area contributed by atoms with Gasteiger partial charge in [0.05, 0.1) is 0 Å². The van der Waals surface area contributed by atoms with E-state index in [0.717, 1.165) is 35.0 Å². The lowest BCUT2D eigenvalue weighted by atomic mass is 9.95. The van der Waals surface area contributed by atoms with Crippen LogP contribution in [-0.4, -0.2) is 4.57 Å². The van der Waals surface area contributed by atoms with Gasteiger partial charge in [0.25, 0.3) is 5.56 Å². The van der Waals surface area contributed by atoms with Gasteiger partial charge in [0.2, 0.25) is 0 Å². The third-order valence-corrected chi connectivity index (χ3v) is 6.22. The molecule has 20 heavy (non-hydrogen) atoms. The molecule has 102 valence electrons. The molecule has 1 heterocycles. The number of pyridine rings is 1. The number of aromatic nitrogens is 1. The van der Waals surface area contributed by atoms with Crippen LogP contribution in [0, 0.1) is 23.7 Å². The zero-order valence-corrected chi connectivity index (χ0v) is 11.8. The number of nitrogens with zero attached hydrogens (tertiary/aromatic N) is 1. The van der Waals surface area contributed by atoms with Crippen molar-refractivity contribution in [3.05, 3.63) is 46.4 Å². The first-order chi connectivity index (χ1) is 9.75. The Morgan fingerprint density at radius 1 is 1.05 bits per heavy atom. The van der Waals surface area contributed by atoms with Crippen LogP contribution in [0.5, 0.6) is 0 Å². The Morgan fingerprint density at radius 3 is 2.40 bits per heavy atom. The van der Waals surface area contributed by atoms with Crippen molar-refractivity contribution in [3.63, 3.8) is 0 Å². The number of fused-ring (bicyclic) bond motifs is 6. The fourth-order valence-corrected chi connectivity index (χ4v) is 5.45. The molecule has 3 aliphatic rings. The minimum Gasteiger partial charge on any atom is -0.318 e. The summed E-state index contributed by atoms with van der Waals surface area (Å²) in [6, 6.07) is 8.17. The standard InChI is InChI=1S/C18H19NO/c1-19-9-14(12-4-2-3-5-13(12)18(19)20)17-15-10-6-7-11(8-10)16(15)17/h2-5,9-11,15-17H,6-8H2,1H3/t10-,11+,15+,16-,17?. The quantitative estimate of drug-likeness (QED) is 0.775. The Hall–Kier alpha value is -1.57. The molecule has 3 aliphatic carbocycles. The van der Waals surface area contributed by atoms with Gasteiger partial charge in [-0.1, -0.05) is 18.2 Å². The van der Waals surface area contributed by atoms with E-state index in [-0.39, 0.29) is 5.56 Å². The summed E-state index contributed by atoms with van der Waals surface area (Å²) >= 11 is 0. The Morgan fingerprint density at radius 2 is 1.70 bits per heavy atom. The van der Waals surface area contributed by atoms with Gasteiger partial charge in [0, 0.05) is 18.6 Å². The van der Waals surface area contributed by atoms with Gasteiger partial charge in [-0.05, 0) is 65.9 Å². The van der Waals surface area contributed by atoms with Crippen molar-refractivity contribution in [1.82, 2.24) is 4.57 Å². The van der Waals surface area contributed by atoms with Gasteiger partial charge in [-0.25, -0.2) is 0 Å². The third kappa shape index (κ3) is 1.23. The van der Waals surface area contributed by atoms with Crippen LogP contribution in [0.15, 0.2) is 35.3 Å². The predicted molar refractivity (Wildman–Crippen MR) is 79.7 cm³/mol. The van der Waals surface area contributed by atoms with Crippen LogP contribution in [0.3, 0.4) is 0 Å². The maximum absolute atomic E-state index is 12.3.